The van der Waals surface area contributed by atoms with Crippen molar-refractivity contribution in [1.82, 2.24) is 4.72 Å². The van der Waals surface area contributed by atoms with Crippen LogP contribution in [0.25, 0.3) is 0 Å². The third kappa shape index (κ3) is 4.72. The van der Waals surface area contributed by atoms with Gasteiger partial charge in [0, 0.05) is 18.0 Å². The highest BCUT2D eigenvalue weighted by Crippen LogP contribution is 2.13. The predicted octanol–water partition coefficient (Wildman–Crippen LogP) is 3.14. The molecule has 4 nitrogen and oxygen atoms in total. The number of rotatable bonds is 8. The molecule has 112 valence electrons. The van der Waals surface area contributed by atoms with E-state index in [9.17, 15) is 13.2 Å². The standard InChI is InChI=1S/C15H23NO3S/c1-4-6-7-15(17)13-8-10-14(11-9-13)20(18,19)16-12(3)5-2/h8-12,16H,4-7H2,1-3H3. The van der Waals surface area contributed by atoms with Gasteiger partial charge < -0.3 is 0 Å². The molecule has 0 aromatic heterocycles. The SMILES string of the molecule is CCCCC(=O)c1ccc(S(=O)(=O)NC(C)CC)cc1. The van der Waals surface area contributed by atoms with Gasteiger partial charge >= 0.3 is 0 Å². The maximum atomic E-state index is 12.1. The second-order valence-electron chi connectivity index (χ2n) is 4.98. The van der Waals surface area contributed by atoms with E-state index in [1.807, 2.05) is 20.8 Å². The Morgan fingerprint density at radius 3 is 2.30 bits per heavy atom. The van der Waals surface area contributed by atoms with Crippen LogP contribution in [-0.2, 0) is 10.0 Å². The maximum Gasteiger partial charge on any atom is 0.240 e. The Bertz CT molecular complexity index is 535. The van der Waals surface area contributed by atoms with Crippen molar-refractivity contribution >= 4 is 15.8 Å². The van der Waals surface area contributed by atoms with Gasteiger partial charge in [0.25, 0.3) is 0 Å². The van der Waals surface area contributed by atoms with Crippen LogP contribution in [0.1, 0.15) is 56.8 Å². The maximum absolute atomic E-state index is 12.1. The first-order chi connectivity index (χ1) is 9.40. The average Bonchev–Trinajstić information content (AvgIpc) is 2.44. The minimum atomic E-state index is -3.49. The minimum Gasteiger partial charge on any atom is -0.294 e. The van der Waals surface area contributed by atoms with Crippen LogP contribution in [0.3, 0.4) is 0 Å². The van der Waals surface area contributed by atoms with Gasteiger partial charge in [-0.1, -0.05) is 32.4 Å². The van der Waals surface area contributed by atoms with Gasteiger partial charge in [-0.15, -0.1) is 0 Å². The summed E-state index contributed by atoms with van der Waals surface area (Å²) in [6, 6.07) is 6.05. The van der Waals surface area contributed by atoms with Crippen LogP contribution in [0.2, 0.25) is 0 Å². The van der Waals surface area contributed by atoms with E-state index < -0.39 is 10.0 Å². The fourth-order valence-electron chi connectivity index (χ4n) is 1.72. The minimum absolute atomic E-state index is 0.0608. The van der Waals surface area contributed by atoms with Gasteiger partial charge in [0.1, 0.15) is 0 Å². The smallest absolute Gasteiger partial charge is 0.240 e. The summed E-state index contributed by atoms with van der Waals surface area (Å²) in [7, 11) is -3.49. The topological polar surface area (TPSA) is 63.2 Å². The van der Waals surface area contributed by atoms with Crippen LogP contribution in [0.15, 0.2) is 29.2 Å². The van der Waals surface area contributed by atoms with Crippen LogP contribution >= 0.6 is 0 Å². The summed E-state index contributed by atoms with van der Waals surface area (Å²) in [6.07, 6.45) is 3.06. The number of carbonyl (C=O) groups is 1. The Labute approximate surface area is 121 Å². The van der Waals surface area contributed by atoms with Crippen molar-refractivity contribution in [1.29, 1.82) is 0 Å². The molecule has 0 spiro atoms. The van der Waals surface area contributed by atoms with E-state index in [0.29, 0.717) is 12.0 Å². The zero-order chi connectivity index (χ0) is 15.2. The predicted molar refractivity (Wildman–Crippen MR) is 80.4 cm³/mol. The fraction of sp³-hybridized carbons (Fsp3) is 0.533. The van der Waals surface area contributed by atoms with E-state index >= 15 is 0 Å². The first-order valence-electron chi connectivity index (χ1n) is 7.06. The number of sulfonamides is 1. The summed E-state index contributed by atoms with van der Waals surface area (Å²) in [5.41, 5.74) is 0.570. The zero-order valence-electron chi connectivity index (χ0n) is 12.3. The third-order valence-corrected chi connectivity index (χ3v) is 4.82. The monoisotopic (exact) mass is 297 g/mol. The number of hydrogen-bond acceptors (Lipinski definition) is 3. The molecule has 0 radical (unpaired) electrons. The molecule has 1 unspecified atom stereocenters. The van der Waals surface area contributed by atoms with Gasteiger partial charge in [0.05, 0.1) is 4.90 Å². The Balaban J connectivity index is 2.83. The number of ketones is 1. The molecule has 1 atom stereocenters. The Morgan fingerprint density at radius 1 is 1.20 bits per heavy atom. The van der Waals surface area contributed by atoms with Gasteiger partial charge in [0.2, 0.25) is 10.0 Å². The molecule has 0 fully saturated rings. The molecule has 1 aromatic rings. The molecule has 0 bridgehead atoms. The molecule has 0 aliphatic heterocycles. The van der Waals surface area contributed by atoms with Gasteiger partial charge in [-0.05, 0) is 31.9 Å². The third-order valence-electron chi connectivity index (χ3n) is 3.21. The van der Waals surface area contributed by atoms with Crippen molar-refractivity contribution in [2.75, 3.05) is 0 Å². The highest BCUT2D eigenvalue weighted by atomic mass is 32.2. The molecule has 0 amide bonds. The molecular weight excluding hydrogens is 274 g/mol. The second-order valence-corrected chi connectivity index (χ2v) is 6.70. The lowest BCUT2D eigenvalue weighted by molar-refractivity contribution is 0.0979. The molecule has 1 aromatic carbocycles. The second kappa shape index (κ2) is 7.55. The first kappa shape index (κ1) is 16.9. The van der Waals surface area contributed by atoms with Crippen molar-refractivity contribution in [3.8, 4) is 0 Å². The van der Waals surface area contributed by atoms with Crippen LogP contribution in [0.4, 0.5) is 0 Å². The molecule has 20 heavy (non-hydrogen) atoms. The number of nitrogens with one attached hydrogen (secondary N) is 1. The largest absolute Gasteiger partial charge is 0.294 e. The zero-order valence-corrected chi connectivity index (χ0v) is 13.2. The number of unbranched alkanes of at least 4 members (excludes halogenated alkanes) is 1. The van der Waals surface area contributed by atoms with Crippen LogP contribution in [0, 0.1) is 0 Å². The lowest BCUT2D eigenvalue weighted by atomic mass is 10.1. The van der Waals surface area contributed by atoms with Crippen molar-refractivity contribution in [2.45, 2.75) is 57.4 Å². The Kier molecular flexibility index (Phi) is 6.36. The molecule has 0 aliphatic carbocycles. The highest BCUT2D eigenvalue weighted by Gasteiger charge is 2.16. The summed E-state index contributed by atoms with van der Waals surface area (Å²) in [6.45, 7) is 5.77. The first-order valence-corrected chi connectivity index (χ1v) is 8.54. The molecule has 0 saturated heterocycles. The van der Waals surface area contributed by atoms with Crippen molar-refractivity contribution in [3.05, 3.63) is 29.8 Å². The van der Waals surface area contributed by atoms with E-state index in [1.54, 1.807) is 12.1 Å². The molecule has 0 heterocycles. The van der Waals surface area contributed by atoms with Gasteiger partial charge in [-0.2, -0.15) is 0 Å². The summed E-state index contributed by atoms with van der Waals surface area (Å²) in [5, 5.41) is 0. The number of Topliss-reactive ketones (excluding diaryl/α,β-unsaturated/α-hetero) is 1. The van der Waals surface area contributed by atoms with Gasteiger partial charge in [0.15, 0.2) is 5.78 Å². The van der Waals surface area contributed by atoms with E-state index in [4.69, 9.17) is 0 Å². The summed E-state index contributed by atoms with van der Waals surface area (Å²) in [5.74, 6) is 0.0608. The lowest BCUT2D eigenvalue weighted by Gasteiger charge is -2.12. The van der Waals surface area contributed by atoms with Crippen molar-refractivity contribution in [3.63, 3.8) is 0 Å². The van der Waals surface area contributed by atoms with Crippen LogP contribution in [0.5, 0.6) is 0 Å². The Hall–Kier alpha value is -1.20. The normalized spacial score (nSPS) is 13.2. The summed E-state index contributed by atoms with van der Waals surface area (Å²) >= 11 is 0. The number of benzene rings is 1. The van der Waals surface area contributed by atoms with E-state index in [-0.39, 0.29) is 16.7 Å². The average molecular weight is 297 g/mol. The molecular formula is C15H23NO3S. The molecule has 5 heteroatoms. The Morgan fingerprint density at radius 2 is 1.80 bits per heavy atom. The molecule has 1 rings (SSSR count). The molecule has 0 saturated carbocycles. The van der Waals surface area contributed by atoms with Crippen molar-refractivity contribution < 1.29 is 13.2 Å². The fourth-order valence-corrected chi connectivity index (χ4v) is 3.04. The lowest BCUT2D eigenvalue weighted by Crippen LogP contribution is -2.31. The van der Waals surface area contributed by atoms with Crippen LogP contribution < -0.4 is 4.72 Å². The quantitative estimate of drug-likeness (QED) is 0.750. The van der Waals surface area contributed by atoms with E-state index in [2.05, 4.69) is 4.72 Å². The number of hydrogen-bond donors (Lipinski definition) is 1. The number of carbonyl (C=O) groups excluding carboxylic acids is 1. The highest BCUT2D eigenvalue weighted by molar-refractivity contribution is 7.89. The summed E-state index contributed by atoms with van der Waals surface area (Å²) in [4.78, 5) is 12.0. The molecule has 1 N–H and O–H groups in total. The van der Waals surface area contributed by atoms with E-state index in [1.165, 1.54) is 12.1 Å². The van der Waals surface area contributed by atoms with Crippen LogP contribution in [-0.4, -0.2) is 20.2 Å². The van der Waals surface area contributed by atoms with Crippen molar-refractivity contribution in [2.24, 2.45) is 0 Å². The summed E-state index contributed by atoms with van der Waals surface area (Å²) < 4.78 is 26.7. The van der Waals surface area contributed by atoms with Gasteiger partial charge in [-0.3, -0.25) is 4.79 Å². The van der Waals surface area contributed by atoms with E-state index in [0.717, 1.165) is 19.3 Å². The molecule has 0 aliphatic rings. The van der Waals surface area contributed by atoms with Gasteiger partial charge in [-0.25, -0.2) is 13.1 Å².